The number of nitrogens with two attached hydrogens (primary N) is 2. The highest BCUT2D eigenvalue weighted by atomic mass is 32.2. The number of carbonyl (C=O) groups is 2. The number of hydrogen-bond acceptors (Lipinski definition) is 6. The van der Waals surface area contributed by atoms with Crippen molar-refractivity contribution < 1.29 is 36.3 Å². The molecule has 0 unspecified atom stereocenters. The summed E-state index contributed by atoms with van der Waals surface area (Å²) in [7, 11) is -3.99. The van der Waals surface area contributed by atoms with E-state index < -0.39 is 33.8 Å². The topological polar surface area (TPSA) is 165 Å². The van der Waals surface area contributed by atoms with E-state index in [4.69, 9.17) is 16.6 Å². The van der Waals surface area contributed by atoms with Crippen molar-refractivity contribution in [1.82, 2.24) is 10.0 Å². The Bertz CT molecular complexity index is 1310. The number of halogens is 3. The van der Waals surface area contributed by atoms with Crippen molar-refractivity contribution in [3.63, 3.8) is 0 Å². The van der Waals surface area contributed by atoms with Crippen LogP contribution in [0.2, 0.25) is 0 Å². The van der Waals surface area contributed by atoms with Crippen LogP contribution < -0.4 is 21.5 Å². The van der Waals surface area contributed by atoms with Gasteiger partial charge >= 0.3 is 12.1 Å². The molecule has 13 heteroatoms. The molecule has 2 aromatic rings. The monoisotopic (exact) mass is 656 g/mol. The number of carbonyl (C=O) groups excluding carboxylic acids is 1. The Morgan fingerprint density at radius 1 is 0.933 bits per heavy atom. The number of rotatable bonds is 12. The van der Waals surface area contributed by atoms with Gasteiger partial charge in [0.25, 0.3) is 0 Å². The second-order valence-electron chi connectivity index (χ2n) is 12.4. The third-order valence-corrected chi connectivity index (χ3v) is 9.32. The SMILES string of the molecule is CC(C)CC(=O)O.CC(C)[C@H](N)[C@@H](N)C[C@H](NC(=O)C1CCC(NS(=O)(=O)c2ccc(C(F)(F)F)cc2)CC1)c1ccccc1. The third kappa shape index (κ3) is 12.7. The number of hydrogen-bond donors (Lipinski definition) is 5. The second-order valence-corrected chi connectivity index (χ2v) is 14.1. The van der Waals surface area contributed by atoms with E-state index >= 15 is 0 Å². The van der Waals surface area contributed by atoms with Gasteiger partial charge in [-0.15, -0.1) is 0 Å². The van der Waals surface area contributed by atoms with Crippen molar-refractivity contribution in [2.75, 3.05) is 0 Å². The number of amides is 1. The van der Waals surface area contributed by atoms with E-state index in [0.717, 1.165) is 29.8 Å². The van der Waals surface area contributed by atoms with Crippen LogP contribution in [0.3, 0.4) is 0 Å². The minimum absolute atomic E-state index is 0.117. The van der Waals surface area contributed by atoms with Gasteiger partial charge in [-0.05, 0) is 73.8 Å². The zero-order valence-electron chi connectivity index (χ0n) is 26.3. The Morgan fingerprint density at radius 3 is 1.93 bits per heavy atom. The number of benzene rings is 2. The van der Waals surface area contributed by atoms with Crippen molar-refractivity contribution in [2.45, 2.75) is 101 Å². The summed E-state index contributed by atoms with van der Waals surface area (Å²) in [5, 5.41) is 11.2. The van der Waals surface area contributed by atoms with Crippen molar-refractivity contribution in [3.05, 3.63) is 65.7 Å². The summed E-state index contributed by atoms with van der Waals surface area (Å²) in [6, 6.07) is 11.7. The minimum Gasteiger partial charge on any atom is -0.481 e. The first kappa shape index (κ1) is 38.2. The Labute approximate surface area is 264 Å². The van der Waals surface area contributed by atoms with Crippen LogP contribution in [-0.4, -0.2) is 43.5 Å². The number of carboxylic acids is 1. The smallest absolute Gasteiger partial charge is 0.416 e. The van der Waals surface area contributed by atoms with Crippen LogP contribution in [0, 0.1) is 17.8 Å². The molecule has 1 aliphatic rings. The summed E-state index contributed by atoms with van der Waals surface area (Å²) in [6.45, 7) is 7.78. The van der Waals surface area contributed by atoms with Crippen LogP contribution in [0.4, 0.5) is 13.2 Å². The lowest BCUT2D eigenvalue weighted by Gasteiger charge is -2.31. The van der Waals surface area contributed by atoms with Crippen molar-refractivity contribution >= 4 is 21.9 Å². The van der Waals surface area contributed by atoms with Gasteiger partial charge in [-0.1, -0.05) is 58.0 Å². The van der Waals surface area contributed by atoms with Crippen molar-refractivity contribution in [1.29, 1.82) is 0 Å². The lowest BCUT2D eigenvalue weighted by atomic mass is 9.85. The maximum atomic E-state index is 13.2. The van der Waals surface area contributed by atoms with Crippen LogP contribution in [-0.2, 0) is 25.8 Å². The standard InChI is InChI=1S/C27H37F3N4O3S.C5H10O2/c1-17(2)25(32)23(31)16-24(18-6-4-3-5-7-18)33-26(35)19-8-12-21(13-9-19)34-38(36,37)22-14-10-20(11-15-22)27(28,29)30;1-4(2)3-5(6)7/h3-7,10-11,14-15,17,19,21,23-25,34H,8-9,12-13,16,31-32H2,1-2H3,(H,33,35);4H,3H2,1-2H3,(H,6,7)/t19?,21?,23-,24-,25-;/m0./s1. The number of aliphatic carboxylic acids is 1. The Kier molecular flexibility index (Phi) is 14.5. The normalized spacial score (nSPS) is 19.3. The van der Waals surface area contributed by atoms with E-state index in [1.54, 1.807) is 0 Å². The molecule has 45 heavy (non-hydrogen) atoms. The first-order chi connectivity index (χ1) is 20.9. The Hall–Kier alpha value is -3.00. The summed E-state index contributed by atoms with van der Waals surface area (Å²) in [5.41, 5.74) is 12.6. The molecule has 0 aromatic heterocycles. The molecule has 0 aliphatic heterocycles. The van der Waals surface area contributed by atoms with Gasteiger partial charge in [0.1, 0.15) is 0 Å². The molecule has 0 radical (unpaired) electrons. The average molecular weight is 657 g/mol. The maximum absolute atomic E-state index is 13.2. The molecule has 1 saturated carbocycles. The number of sulfonamides is 1. The highest BCUT2D eigenvalue weighted by molar-refractivity contribution is 7.89. The van der Waals surface area contributed by atoms with E-state index in [1.165, 1.54) is 0 Å². The van der Waals surface area contributed by atoms with Crippen molar-refractivity contribution in [3.8, 4) is 0 Å². The molecule has 9 nitrogen and oxygen atoms in total. The molecule has 0 saturated heterocycles. The van der Waals surface area contributed by atoms with Crippen LogP contribution in [0.25, 0.3) is 0 Å². The van der Waals surface area contributed by atoms with Gasteiger partial charge in [0, 0.05) is 30.5 Å². The maximum Gasteiger partial charge on any atom is 0.416 e. The fourth-order valence-corrected chi connectivity index (χ4v) is 6.42. The van der Waals surface area contributed by atoms with E-state index in [1.807, 2.05) is 58.0 Å². The number of nitrogens with one attached hydrogen (secondary N) is 2. The Balaban J connectivity index is 0.000000900. The first-order valence-electron chi connectivity index (χ1n) is 15.2. The molecule has 7 N–H and O–H groups in total. The molecular formula is C32H47F3N4O5S. The molecule has 1 aliphatic carbocycles. The Morgan fingerprint density at radius 2 is 1.49 bits per heavy atom. The van der Waals surface area contributed by atoms with E-state index in [9.17, 15) is 31.2 Å². The zero-order chi connectivity index (χ0) is 33.9. The summed E-state index contributed by atoms with van der Waals surface area (Å²) < 4.78 is 66.3. The molecule has 2 aromatic carbocycles. The van der Waals surface area contributed by atoms with Gasteiger partial charge in [0.15, 0.2) is 0 Å². The molecular weight excluding hydrogens is 609 g/mol. The van der Waals surface area contributed by atoms with Crippen LogP contribution >= 0.6 is 0 Å². The fourth-order valence-electron chi connectivity index (χ4n) is 5.11. The lowest BCUT2D eigenvalue weighted by molar-refractivity contribution is -0.138. The molecule has 0 bridgehead atoms. The predicted molar refractivity (Wildman–Crippen MR) is 167 cm³/mol. The molecule has 1 fully saturated rings. The second kappa shape index (κ2) is 17.1. The van der Waals surface area contributed by atoms with Crippen molar-refractivity contribution in [2.24, 2.45) is 29.2 Å². The largest absolute Gasteiger partial charge is 0.481 e. The fraction of sp³-hybridized carbons (Fsp3) is 0.562. The quantitative estimate of drug-likeness (QED) is 0.209. The molecule has 252 valence electrons. The van der Waals surface area contributed by atoms with Gasteiger partial charge in [-0.3, -0.25) is 9.59 Å². The highest BCUT2D eigenvalue weighted by Crippen LogP contribution is 2.31. The summed E-state index contributed by atoms with van der Waals surface area (Å²) in [6.07, 6.45) is -1.95. The predicted octanol–water partition coefficient (Wildman–Crippen LogP) is 5.22. The van der Waals surface area contributed by atoms with Gasteiger partial charge in [0.05, 0.1) is 16.5 Å². The average Bonchev–Trinajstić information content (AvgIpc) is 2.96. The molecule has 1 amide bonds. The van der Waals surface area contributed by atoms with Gasteiger partial charge in [-0.25, -0.2) is 13.1 Å². The molecule has 0 heterocycles. The van der Waals surface area contributed by atoms with Gasteiger partial charge in [0.2, 0.25) is 15.9 Å². The van der Waals surface area contributed by atoms with E-state index in [-0.39, 0.29) is 53.1 Å². The summed E-state index contributed by atoms with van der Waals surface area (Å²) in [5.74, 6) is -0.650. The number of alkyl halides is 3. The van der Waals surface area contributed by atoms with E-state index in [2.05, 4.69) is 10.0 Å². The van der Waals surface area contributed by atoms with Crippen LogP contribution in [0.1, 0.15) is 83.4 Å². The summed E-state index contributed by atoms with van der Waals surface area (Å²) in [4.78, 5) is 22.8. The third-order valence-electron chi connectivity index (χ3n) is 7.79. The van der Waals surface area contributed by atoms with Crippen LogP contribution in [0.5, 0.6) is 0 Å². The molecule has 3 rings (SSSR count). The van der Waals surface area contributed by atoms with Crippen LogP contribution in [0.15, 0.2) is 59.5 Å². The lowest BCUT2D eigenvalue weighted by Crippen LogP contribution is -2.48. The van der Waals surface area contributed by atoms with Gasteiger partial charge < -0.3 is 21.9 Å². The first-order valence-corrected chi connectivity index (χ1v) is 16.7. The minimum atomic E-state index is -4.54. The molecule has 3 atom stereocenters. The van der Waals surface area contributed by atoms with E-state index in [0.29, 0.717) is 32.1 Å². The zero-order valence-corrected chi connectivity index (χ0v) is 27.1. The number of carboxylic acid groups (broad SMARTS) is 1. The highest BCUT2D eigenvalue weighted by Gasteiger charge is 2.33. The summed E-state index contributed by atoms with van der Waals surface area (Å²) >= 11 is 0. The van der Waals surface area contributed by atoms with Gasteiger partial charge in [-0.2, -0.15) is 13.2 Å². The molecule has 0 spiro atoms.